The van der Waals surface area contributed by atoms with Crippen molar-refractivity contribution in [3.8, 4) is 0 Å². The van der Waals surface area contributed by atoms with E-state index in [2.05, 4.69) is 26.3 Å². The number of hydrogen-bond donors (Lipinski definition) is 3. The minimum absolute atomic E-state index is 0.0413. The SMILES string of the molecule is C=CCOC(=O)C(O)C(O)Cn1cnc2c(N)ncnc21. The monoisotopic (exact) mass is 293 g/mol. The largest absolute Gasteiger partial charge is 0.459 e. The number of aromatic nitrogens is 4. The molecule has 0 saturated heterocycles. The van der Waals surface area contributed by atoms with Crippen molar-refractivity contribution in [2.24, 2.45) is 0 Å². The second-order valence-electron chi connectivity index (χ2n) is 4.26. The number of aliphatic hydroxyl groups is 2. The molecule has 0 aliphatic carbocycles. The minimum atomic E-state index is -1.68. The summed E-state index contributed by atoms with van der Waals surface area (Å²) in [5.41, 5.74) is 6.42. The predicted octanol–water partition coefficient (Wildman–Crippen LogP) is -1.14. The van der Waals surface area contributed by atoms with Gasteiger partial charge in [0.15, 0.2) is 17.6 Å². The highest BCUT2D eigenvalue weighted by molar-refractivity contribution is 5.81. The van der Waals surface area contributed by atoms with Crippen molar-refractivity contribution in [1.29, 1.82) is 0 Å². The molecule has 0 fully saturated rings. The first-order valence-electron chi connectivity index (χ1n) is 6.09. The summed E-state index contributed by atoms with van der Waals surface area (Å²) in [6, 6.07) is 0. The second-order valence-corrected chi connectivity index (χ2v) is 4.26. The van der Waals surface area contributed by atoms with Gasteiger partial charge in [-0.15, -0.1) is 0 Å². The Kier molecular flexibility index (Phi) is 4.45. The topological polar surface area (TPSA) is 136 Å². The summed E-state index contributed by atoms with van der Waals surface area (Å²) in [7, 11) is 0. The number of esters is 1. The van der Waals surface area contributed by atoms with Gasteiger partial charge in [-0.1, -0.05) is 12.7 Å². The van der Waals surface area contributed by atoms with Crippen molar-refractivity contribution in [3.05, 3.63) is 25.3 Å². The van der Waals surface area contributed by atoms with Crippen molar-refractivity contribution in [3.63, 3.8) is 0 Å². The highest BCUT2D eigenvalue weighted by atomic mass is 16.5. The molecule has 9 nitrogen and oxygen atoms in total. The summed E-state index contributed by atoms with van der Waals surface area (Å²) < 4.78 is 6.12. The molecule has 0 bridgehead atoms. The van der Waals surface area contributed by atoms with Gasteiger partial charge in [-0.2, -0.15) is 0 Å². The molecular weight excluding hydrogens is 278 g/mol. The molecule has 0 aliphatic heterocycles. The van der Waals surface area contributed by atoms with Crippen LogP contribution in [0.3, 0.4) is 0 Å². The fraction of sp³-hybridized carbons (Fsp3) is 0.333. The Labute approximate surface area is 119 Å². The summed E-state index contributed by atoms with van der Waals surface area (Å²) in [4.78, 5) is 23.2. The molecule has 0 aliphatic rings. The maximum Gasteiger partial charge on any atom is 0.338 e. The maximum absolute atomic E-state index is 11.4. The number of rotatable bonds is 6. The lowest BCUT2D eigenvalue weighted by Gasteiger charge is -2.16. The molecule has 0 amide bonds. The highest BCUT2D eigenvalue weighted by Crippen LogP contribution is 2.15. The maximum atomic E-state index is 11.4. The fourth-order valence-corrected chi connectivity index (χ4v) is 1.72. The lowest BCUT2D eigenvalue weighted by molar-refractivity contribution is -0.158. The highest BCUT2D eigenvalue weighted by Gasteiger charge is 2.26. The zero-order valence-corrected chi connectivity index (χ0v) is 11.1. The molecule has 2 atom stereocenters. The van der Waals surface area contributed by atoms with E-state index in [-0.39, 0.29) is 19.0 Å². The molecule has 9 heteroatoms. The van der Waals surface area contributed by atoms with E-state index < -0.39 is 18.2 Å². The van der Waals surface area contributed by atoms with E-state index in [0.717, 1.165) is 0 Å². The molecule has 21 heavy (non-hydrogen) atoms. The van der Waals surface area contributed by atoms with Gasteiger partial charge in [0.1, 0.15) is 24.6 Å². The molecule has 112 valence electrons. The molecule has 0 spiro atoms. The molecular formula is C12H15N5O4. The van der Waals surface area contributed by atoms with Gasteiger partial charge in [0.2, 0.25) is 0 Å². The average molecular weight is 293 g/mol. The number of nitrogens with two attached hydrogens (primary N) is 1. The lowest BCUT2D eigenvalue weighted by atomic mass is 10.2. The standard InChI is InChI=1S/C12H15N5O4/c1-2-3-21-12(20)9(19)7(18)4-17-6-16-8-10(13)14-5-15-11(8)17/h2,5-7,9,18-19H,1,3-4H2,(H2,13,14,15). The number of ether oxygens (including phenoxy) is 1. The van der Waals surface area contributed by atoms with Crippen LogP contribution in [0.2, 0.25) is 0 Å². The molecule has 0 radical (unpaired) electrons. The van der Waals surface area contributed by atoms with E-state index >= 15 is 0 Å². The van der Waals surface area contributed by atoms with E-state index in [4.69, 9.17) is 5.73 Å². The summed E-state index contributed by atoms with van der Waals surface area (Å²) >= 11 is 0. The Morgan fingerprint density at radius 1 is 1.48 bits per heavy atom. The third kappa shape index (κ3) is 3.15. The number of nitrogen functional groups attached to an aromatic ring is 1. The quantitative estimate of drug-likeness (QED) is 0.449. The van der Waals surface area contributed by atoms with Crippen LogP contribution in [0.1, 0.15) is 0 Å². The van der Waals surface area contributed by atoms with E-state index in [1.54, 1.807) is 0 Å². The Balaban J connectivity index is 2.11. The molecule has 0 aromatic carbocycles. The Morgan fingerprint density at radius 3 is 2.95 bits per heavy atom. The van der Waals surface area contributed by atoms with Crippen LogP contribution in [-0.4, -0.2) is 54.5 Å². The van der Waals surface area contributed by atoms with Crippen molar-refractivity contribution in [2.45, 2.75) is 18.8 Å². The average Bonchev–Trinajstić information content (AvgIpc) is 2.88. The number of carbonyl (C=O) groups is 1. The van der Waals surface area contributed by atoms with Crippen molar-refractivity contribution >= 4 is 23.0 Å². The van der Waals surface area contributed by atoms with Crippen LogP contribution in [0.15, 0.2) is 25.3 Å². The normalized spacial score (nSPS) is 13.8. The van der Waals surface area contributed by atoms with Crippen LogP contribution < -0.4 is 5.73 Å². The third-order valence-electron chi connectivity index (χ3n) is 2.76. The predicted molar refractivity (Wildman–Crippen MR) is 72.9 cm³/mol. The number of carbonyl (C=O) groups excluding carboxylic acids is 1. The summed E-state index contributed by atoms with van der Waals surface area (Å²) in [6.45, 7) is 3.24. The van der Waals surface area contributed by atoms with Crippen LogP contribution in [0.4, 0.5) is 5.82 Å². The molecule has 4 N–H and O–H groups in total. The lowest BCUT2D eigenvalue weighted by Crippen LogP contribution is -2.38. The molecule has 2 aromatic rings. The van der Waals surface area contributed by atoms with Gasteiger partial charge in [0.25, 0.3) is 0 Å². The van der Waals surface area contributed by atoms with Gasteiger partial charge in [0.05, 0.1) is 12.9 Å². The Morgan fingerprint density at radius 2 is 2.24 bits per heavy atom. The number of hydrogen-bond acceptors (Lipinski definition) is 8. The number of anilines is 1. The number of nitrogens with zero attached hydrogens (tertiary/aromatic N) is 4. The van der Waals surface area contributed by atoms with E-state index in [1.807, 2.05) is 0 Å². The second kappa shape index (κ2) is 6.29. The fourth-order valence-electron chi connectivity index (χ4n) is 1.72. The van der Waals surface area contributed by atoms with Gasteiger partial charge >= 0.3 is 5.97 Å². The molecule has 2 rings (SSSR count). The van der Waals surface area contributed by atoms with Gasteiger partial charge in [-0.05, 0) is 0 Å². The van der Waals surface area contributed by atoms with Gasteiger partial charge < -0.3 is 25.3 Å². The van der Waals surface area contributed by atoms with Crippen LogP contribution >= 0.6 is 0 Å². The molecule has 2 aromatic heterocycles. The summed E-state index contributed by atoms with van der Waals surface area (Å²) in [6.07, 6.45) is 0.954. The van der Waals surface area contributed by atoms with Crippen molar-refractivity contribution in [2.75, 3.05) is 12.3 Å². The molecule has 0 saturated carbocycles. The van der Waals surface area contributed by atoms with Crippen LogP contribution in [0, 0.1) is 0 Å². The first-order chi connectivity index (χ1) is 10.0. The van der Waals surface area contributed by atoms with Crippen LogP contribution in [0.25, 0.3) is 11.2 Å². The number of aliphatic hydroxyl groups excluding tert-OH is 2. The minimum Gasteiger partial charge on any atom is -0.459 e. The van der Waals surface area contributed by atoms with E-state index in [0.29, 0.717) is 11.2 Å². The van der Waals surface area contributed by atoms with Crippen LogP contribution in [-0.2, 0) is 16.1 Å². The Hall–Kier alpha value is -2.52. The third-order valence-corrected chi connectivity index (χ3v) is 2.76. The first kappa shape index (κ1) is 14.9. The van der Waals surface area contributed by atoms with E-state index in [1.165, 1.54) is 23.3 Å². The van der Waals surface area contributed by atoms with Gasteiger partial charge in [-0.3, -0.25) is 0 Å². The van der Waals surface area contributed by atoms with Gasteiger partial charge in [-0.25, -0.2) is 19.7 Å². The van der Waals surface area contributed by atoms with E-state index in [9.17, 15) is 15.0 Å². The zero-order chi connectivity index (χ0) is 15.4. The van der Waals surface area contributed by atoms with Crippen LogP contribution in [0.5, 0.6) is 0 Å². The molecule has 2 unspecified atom stereocenters. The first-order valence-corrected chi connectivity index (χ1v) is 6.09. The zero-order valence-electron chi connectivity index (χ0n) is 11.1. The number of fused-ring (bicyclic) bond motifs is 1. The molecule has 2 heterocycles. The number of imidazole rings is 1. The summed E-state index contributed by atoms with van der Waals surface area (Å²) in [5, 5.41) is 19.6. The van der Waals surface area contributed by atoms with Gasteiger partial charge in [0, 0.05) is 0 Å². The van der Waals surface area contributed by atoms with Crippen molar-refractivity contribution < 1.29 is 19.7 Å². The Bertz CT molecular complexity index is 656. The van der Waals surface area contributed by atoms with Crippen molar-refractivity contribution in [1.82, 2.24) is 19.5 Å². The smallest absolute Gasteiger partial charge is 0.338 e. The summed E-state index contributed by atoms with van der Waals surface area (Å²) in [5.74, 6) is -0.722.